The molecule has 2 amide bonds. The summed E-state index contributed by atoms with van der Waals surface area (Å²) < 4.78 is 9.42. The van der Waals surface area contributed by atoms with Crippen molar-refractivity contribution in [1.82, 2.24) is 28.9 Å². The van der Waals surface area contributed by atoms with E-state index in [1.165, 1.54) is 32.1 Å². The van der Waals surface area contributed by atoms with E-state index in [1.807, 2.05) is 54.6 Å². The lowest BCUT2D eigenvalue weighted by Gasteiger charge is -2.35. The highest BCUT2D eigenvalue weighted by molar-refractivity contribution is 6.40. The highest BCUT2D eigenvalue weighted by atomic mass is 35.5. The molecule has 0 unspecified atom stereocenters. The first-order valence-corrected chi connectivity index (χ1v) is 23.5. The number of nitrogens with zero attached hydrogens (tertiary/aromatic N) is 6. The molecule has 4 bridgehead atoms. The zero-order valence-electron chi connectivity index (χ0n) is 36.6. The van der Waals surface area contributed by atoms with E-state index in [-0.39, 0.29) is 17.2 Å². The Kier molecular flexibility index (Phi) is 10.8. The first kappa shape index (κ1) is 42.7. The standard InChI is InChI=1S/C48H58Cl2N8O5/c1-55-36-10-21-57(23-20-45-16-18-48(27-45,19-17-45)44(61)62)24-34(36)51-40(55)42(59)53-32-8-4-6-30(38(32)49)31-7-5-9-33(39(31)50)54-43(60)41-52-35-25-58(22-11-37(35)56(41)2)28-46-12-14-47(26-46,15-13-46)29-63-3/h4-9H,10-29H2,1-3H3,(H,53,59)(H,54,60)(H,61,62). The number of carboxylic acid groups (broad SMARTS) is 1. The zero-order valence-corrected chi connectivity index (χ0v) is 38.1. The number of aliphatic carboxylic acids is 1. The number of nitrogens with one attached hydrogen (secondary N) is 2. The fourth-order valence-corrected chi connectivity index (χ4v) is 13.5. The van der Waals surface area contributed by atoms with Crippen molar-refractivity contribution in [1.29, 1.82) is 0 Å². The summed E-state index contributed by atoms with van der Waals surface area (Å²) in [5.41, 5.74) is 6.38. The fourth-order valence-electron chi connectivity index (χ4n) is 12.9. The van der Waals surface area contributed by atoms with Crippen molar-refractivity contribution < 1.29 is 24.2 Å². The molecule has 0 radical (unpaired) electrons. The van der Waals surface area contributed by atoms with Gasteiger partial charge in [-0.3, -0.25) is 24.2 Å². The third-order valence-corrected chi connectivity index (χ3v) is 17.2. The number of hydrogen-bond donors (Lipinski definition) is 3. The van der Waals surface area contributed by atoms with Gasteiger partial charge in [0.05, 0.1) is 44.8 Å². The number of anilines is 2. The van der Waals surface area contributed by atoms with Crippen LogP contribution >= 0.6 is 23.2 Å². The number of carboxylic acids is 1. The summed E-state index contributed by atoms with van der Waals surface area (Å²) in [6.45, 7) is 6.02. The van der Waals surface area contributed by atoms with E-state index in [0.29, 0.717) is 61.6 Å². The molecule has 15 heteroatoms. The van der Waals surface area contributed by atoms with Crippen molar-refractivity contribution in [2.45, 2.75) is 96.6 Å². The molecule has 4 aromatic rings. The number of halogens is 2. The monoisotopic (exact) mass is 896 g/mol. The Morgan fingerprint density at radius 3 is 1.75 bits per heavy atom. The number of ether oxygens (including phenoxy) is 1. The van der Waals surface area contributed by atoms with E-state index in [9.17, 15) is 19.5 Å². The lowest BCUT2D eigenvalue weighted by Crippen LogP contribution is -2.39. The summed E-state index contributed by atoms with van der Waals surface area (Å²) in [6, 6.07) is 10.8. The third kappa shape index (κ3) is 7.49. The molecule has 3 N–H and O–H groups in total. The highest BCUT2D eigenvalue weighted by Crippen LogP contribution is 2.63. The van der Waals surface area contributed by atoms with Crippen LogP contribution < -0.4 is 10.6 Å². The van der Waals surface area contributed by atoms with Gasteiger partial charge in [0.25, 0.3) is 11.8 Å². The smallest absolute Gasteiger partial charge is 0.309 e. The molecule has 4 heterocycles. The number of benzene rings is 2. The Hall–Kier alpha value is -4.27. The maximum absolute atomic E-state index is 13.9. The largest absolute Gasteiger partial charge is 0.481 e. The van der Waals surface area contributed by atoms with E-state index in [2.05, 4.69) is 20.4 Å². The number of fused-ring (bicyclic) bond motifs is 6. The molecular weight excluding hydrogens is 839 g/mol. The Morgan fingerprint density at radius 1 is 0.714 bits per heavy atom. The molecule has 63 heavy (non-hydrogen) atoms. The second kappa shape index (κ2) is 16.0. The van der Waals surface area contributed by atoms with Crippen molar-refractivity contribution in [3.05, 3.63) is 80.9 Å². The molecule has 4 aliphatic carbocycles. The number of rotatable bonds is 13. The van der Waals surface area contributed by atoms with Gasteiger partial charge in [0.15, 0.2) is 11.6 Å². The Morgan fingerprint density at radius 2 is 1.22 bits per heavy atom. The number of amides is 2. The maximum atomic E-state index is 13.9. The summed E-state index contributed by atoms with van der Waals surface area (Å²) in [6.07, 6.45) is 13.2. The molecule has 2 aromatic carbocycles. The molecule has 13 nitrogen and oxygen atoms in total. The van der Waals surface area contributed by atoms with Crippen LogP contribution in [0.3, 0.4) is 0 Å². The molecule has 0 atom stereocenters. The molecule has 2 aliphatic heterocycles. The van der Waals surface area contributed by atoms with Gasteiger partial charge in [-0.25, -0.2) is 9.97 Å². The van der Waals surface area contributed by atoms with Crippen LogP contribution in [0.1, 0.15) is 115 Å². The van der Waals surface area contributed by atoms with Crippen LogP contribution in [0, 0.1) is 21.7 Å². The number of methoxy groups -OCH3 is 1. The minimum atomic E-state index is -0.626. The normalized spacial score (nSPS) is 27.4. The first-order chi connectivity index (χ1) is 30.2. The predicted octanol–water partition coefficient (Wildman–Crippen LogP) is 8.37. The van der Waals surface area contributed by atoms with Gasteiger partial charge in [0.1, 0.15) is 0 Å². The molecule has 0 spiro atoms. The predicted molar refractivity (Wildman–Crippen MR) is 242 cm³/mol. The van der Waals surface area contributed by atoms with Gasteiger partial charge in [0.2, 0.25) is 0 Å². The van der Waals surface area contributed by atoms with Crippen molar-refractivity contribution in [3.63, 3.8) is 0 Å². The van der Waals surface area contributed by atoms with Gasteiger partial charge in [-0.15, -0.1) is 0 Å². The van der Waals surface area contributed by atoms with Crippen molar-refractivity contribution in [2.24, 2.45) is 35.8 Å². The fraction of sp³-hybridized carbons (Fsp3) is 0.562. The summed E-state index contributed by atoms with van der Waals surface area (Å²) in [5, 5.41) is 16.5. The summed E-state index contributed by atoms with van der Waals surface area (Å²) >= 11 is 14.1. The second-order valence-corrected chi connectivity index (χ2v) is 20.9. The second-order valence-electron chi connectivity index (χ2n) is 20.1. The van der Waals surface area contributed by atoms with Gasteiger partial charge in [-0.1, -0.05) is 47.5 Å². The quantitative estimate of drug-likeness (QED) is 0.121. The summed E-state index contributed by atoms with van der Waals surface area (Å²) in [5.74, 6) is -0.678. The van der Waals surface area contributed by atoms with E-state index in [4.69, 9.17) is 37.9 Å². The Balaban J connectivity index is 0.789. The minimum absolute atomic E-state index is 0.132. The SMILES string of the molecule is COCC12CCC(CN3CCc4c(nc(C(=O)Nc5cccc(-c6cccc(NC(=O)c7nc8c(n7C)CCN(CCC79CCC(C(=O)O)(CC7)C9)C8)c6Cl)c5Cl)n4C)C3)(CC1)C2. The molecule has 4 fully saturated rings. The average molecular weight is 898 g/mol. The molecule has 4 saturated carbocycles. The van der Waals surface area contributed by atoms with Crippen molar-refractivity contribution >= 4 is 52.4 Å². The number of imidazole rings is 2. The molecule has 10 rings (SSSR count). The van der Waals surface area contributed by atoms with E-state index in [1.54, 1.807) is 12.1 Å². The minimum Gasteiger partial charge on any atom is -0.481 e. The van der Waals surface area contributed by atoms with E-state index < -0.39 is 11.4 Å². The van der Waals surface area contributed by atoms with Crippen LogP contribution in [-0.2, 0) is 49.6 Å². The van der Waals surface area contributed by atoms with Crippen LogP contribution in [0.15, 0.2) is 36.4 Å². The molecule has 334 valence electrons. The van der Waals surface area contributed by atoms with Crippen LogP contribution in [0.5, 0.6) is 0 Å². The van der Waals surface area contributed by atoms with E-state index in [0.717, 1.165) is 113 Å². The Bertz CT molecular complexity index is 2500. The van der Waals surface area contributed by atoms with Gasteiger partial charge < -0.3 is 29.6 Å². The van der Waals surface area contributed by atoms with Crippen LogP contribution in [0.2, 0.25) is 10.0 Å². The van der Waals surface area contributed by atoms with Gasteiger partial charge >= 0.3 is 5.97 Å². The number of carbonyl (C=O) groups is 3. The highest BCUT2D eigenvalue weighted by Gasteiger charge is 2.58. The number of hydrogen-bond acceptors (Lipinski definition) is 8. The summed E-state index contributed by atoms with van der Waals surface area (Å²) in [7, 11) is 5.61. The van der Waals surface area contributed by atoms with Crippen LogP contribution in [-0.4, -0.2) is 91.7 Å². The summed E-state index contributed by atoms with van der Waals surface area (Å²) in [4.78, 5) is 54.3. The maximum Gasteiger partial charge on any atom is 0.309 e. The van der Waals surface area contributed by atoms with Crippen molar-refractivity contribution in [3.8, 4) is 11.1 Å². The Labute approximate surface area is 378 Å². The van der Waals surface area contributed by atoms with Crippen LogP contribution in [0.25, 0.3) is 11.1 Å². The lowest BCUT2D eigenvalue weighted by molar-refractivity contribution is -0.148. The zero-order chi connectivity index (χ0) is 43.9. The van der Waals surface area contributed by atoms with Gasteiger partial charge in [-0.05, 0) is 106 Å². The topological polar surface area (TPSA) is 147 Å². The van der Waals surface area contributed by atoms with E-state index >= 15 is 0 Å². The molecule has 6 aliphatic rings. The van der Waals surface area contributed by atoms with Crippen molar-refractivity contribution in [2.75, 3.05) is 50.5 Å². The third-order valence-electron chi connectivity index (χ3n) is 16.4. The van der Waals surface area contributed by atoms with Gasteiger partial charge in [-0.2, -0.15) is 0 Å². The van der Waals surface area contributed by atoms with Crippen LogP contribution in [0.4, 0.5) is 11.4 Å². The number of carbonyl (C=O) groups excluding carboxylic acids is 2. The molecule has 2 aromatic heterocycles. The average Bonchev–Trinajstić information content (AvgIpc) is 4.13. The lowest BCUT2D eigenvalue weighted by atomic mass is 9.80. The molecular formula is C48H58Cl2N8O5. The first-order valence-electron chi connectivity index (χ1n) is 22.7. The molecule has 0 saturated heterocycles. The van der Waals surface area contributed by atoms with Gasteiger partial charge in [0, 0.05) is 89.3 Å². The number of aromatic nitrogens is 4.